The minimum absolute atomic E-state index is 0.158. The first kappa shape index (κ1) is 15.1. The largest absolute Gasteiger partial charge is 0.204 e. The second kappa shape index (κ2) is 6.96. The van der Waals surface area contributed by atoms with Crippen LogP contribution in [0.15, 0.2) is 24.3 Å². The van der Waals surface area contributed by atoms with Crippen LogP contribution in [0.4, 0.5) is 13.2 Å². The molecule has 0 saturated heterocycles. The van der Waals surface area contributed by atoms with Crippen LogP contribution in [0.3, 0.4) is 0 Å². The third-order valence-corrected chi connectivity index (χ3v) is 4.20. The molecule has 110 valence electrons. The Morgan fingerprint density at radius 3 is 2.15 bits per heavy atom. The van der Waals surface area contributed by atoms with Crippen molar-refractivity contribution in [2.24, 2.45) is 5.92 Å². The van der Waals surface area contributed by atoms with E-state index < -0.39 is 17.5 Å². The topological polar surface area (TPSA) is 0 Å². The molecule has 1 aromatic carbocycles. The average molecular weight is 282 g/mol. The third kappa shape index (κ3) is 3.65. The van der Waals surface area contributed by atoms with Crippen LogP contribution in [0.25, 0.3) is 0 Å². The van der Waals surface area contributed by atoms with Gasteiger partial charge < -0.3 is 0 Å². The third-order valence-electron chi connectivity index (χ3n) is 4.20. The Hall–Kier alpha value is -1.25. The quantitative estimate of drug-likeness (QED) is 0.488. The van der Waals surface area contributed by atoms with E-state index in [1.807, 2.05) is 0 Å². The van der Waals surface area contributed by atoms with E-state index in [2.05, 4.69) is 19.1 Å². The summed E-state index contributed by atoms with van der Waals surface area (Å²) >= 11 is 0. The minimum Gasteiger partial charge on any atom is -0.204 e. The number of halogens is 3. The molecule has 1 aliphatic rings. The van der Waals surface area contributed by atoms with E-state index in [0.29, 0.717) is 11.5 Å². The van der Waals surface area contributed by atoms with Gasteiger partial charge in [-0.15, -0.1) is 0 Å². The van der Waals surface area contributed by atoms with Crippen molar-refractivity contribution in [2.45, 2.75) is 51.4 Å². The number of rotatable bonds is 4. The van der Waals surface area contributed by atoms with Gasteiger partial charge in [-0.25, -0.2) is 13.2 Å². The first-order valence-corrected chi connectivity index (χ1v) is 7.41. The normalized spacial score (nSPS) is 23.4. The molecule has 1 saturated carbocycles. The smallest absolute Gasteiger partial charge is 0.194 e. The van der Waals surface area contributed by atoms with Crippen LogP contribution >= 0.6 is 0 Å². The fourth-order valence-corrected chi connectivity index (χ4v) is 3.00. The van der Waals surface area contributed by atoms with Gasteiger partial charge in [-0.3, -0.25) is 0 Å². The van der Waals surface area contributed by atoms with Crippen molar-refractivity contribution in [1.82, 2.24) is 0 Å². The van der Waals surface area contributed by atoms with Gasteiger partial charge in [0.2, 0.25) is 0 Å². The summed E-state index contributed by atoms with van der Waals surface area (Å²) in [7, 11) is 0. The molecule has 0 amide bonds. The molecule has 2 rings (SSSR count). The minimum atomic E-state index is -1.37. The van der Waals surface area contributed by atoms with Crippen molar-refractivity contribution < 1.29 is 13.2 Å². The van der Waals surface area contributed by atoms with Gasteiger partial charge in [0.15, 0.2) is 17.5 Å². The van der Waals surface area contributed by atoms with E-state index in [0.717, 1.165) is 50.7 Å². The lowest BCUT2D eigenvalue weighted by atomic mass is 9.77. The number of hydrogen-bond donors (Lipinski definition) is 0. The van der Waals surface area contributed by atoms with Gasteiger partial charge >= 0.3 is 0 Å². The van der Waals surface area contributed by atoms with Crippen LogP contribution in [0.1, 0.15) is 56.9 Å². The van der Waals surface area contributed by atoms with Crippen molar-refractivity contribution in [1.29, 1.82) is 0 Å². The zero-order valence-electron chi connectivity index (χ0n) is 11.8. The maximum absolute atomic E-state index is 13.3. The summed E-state index contributed by atoms with van der Waals surface area (Å²) in [4.78, 5) is 0. The van der Waals surface area contributed by atoms with Crippen LogP contribution in [0, 0.1) is 23.4 Å². The molecule has 1 aromatic rings. The second-order valence-corrected chi connectivity index (χ2v) is 5.63. The van der Waals surface area contributed by atoms with Gasteiger partial charge in [-0.05, 0) is 68.1 Å². The molecule has 0 aliphatic heterocycles. The summed E-state index contributed by atoms with van der Waals surface area (Å²) in [5.74, 6) is -2.69. The van der Waals surface area contributed by atoms with Crippen LogP contribution in [0.2, 0.25) is 0 Å². The molecule has 0 bridgehead atoms. The summed E-state index contributed by atoms with van der Waals surface area (Å²) in [5.41, 5.74) is 0.601. The Labute approximate surface area is 118 Å². The molecule has 0 unspecified atom stereocenters. The van der Waals surface area contributed by atoms with Crippen molar-refractivity contribution in [3.05, 3.63) is 47.3 Å². The maximum Gasteiger partial charge on any atom is 0.194 e. The molecule has 0 nitrogen and oxygen atoms in total. The Morgan fingerprint density at radius 1 is 1.00 bits per heavy atom. The molecular weight excluding hydrogens is 261 g/mol. The molecule has 1 fully saturated rings. The van der Waals surface area contributed by atoms with Crippen molar-refractivity contribution >= 4 is 0 Å². The Morgan fingerprint density at radius 2 is 1.60 bits per heavy atom. The Kier molecular flexibility index (Phi) is 5.27. The fraction of sp³-hybridized carbons (Fsp3) is 0.529. The number of hydrogen-bond acceptors (Lipinski definition) is 0. The van der Waals surface area contributed by atoms with E-state index in [1.165, 1.54) is 0 Å². The highest BCUT2D eigenvalue weighted by molar-refractivity contribution is 5.23. The van der Waals surface area contributed by atoms with Crippen LogP contribution in [-0.4, -0.2) is 0 Å². The van der Waals surface area contributed by atoms with Crippen molar-refractivity contribution in [3.8, 4) is 0 Å². The zero-order valence-corrected chi connectivity index (χ0v) is 11.8. The monoisotopic (exact) mass is 282 g/mol. The number of allylic oxidation sites excluding steroid dienone is 2. The van der Waals surface area contributed by atoms with Crippen LogP contribution in [0.5, 0.6) is 0 Å². The summed E-state index contributed by atoms with van der Waals surface area (Å²) in [5, 5.41) is 0. The van der Waals surface area contributed by atoms with Gasteiger partial charge in [-0.2, -0.15) is 0 Å². The second-order valence-electron chi connectivity index (χ2n) is 5.63. The standard InChI is InChI=1S/C17H21F3/c1-2-3-4-5-12-6-8-13(9-7-12)14-10-15(18)17(20)16(19)11-14/h3-4,10-13H,2,5-9H2,1H3. The highest BCUT2D eigenvalue weighted by atomic mass is 19.2. The highest BCUT2D eigenvalue weighted by Gasteiger charge is 2.23. The molecule has 20 heavy (non-hydrogen) atoms. The highest BCUT2D eigenvalue weighted by Crippen LogP contribution is 2.37. The first-order chi connectivity index (χ1) is 9.61. The molecule has 0 radical (unpaired) electrons. The molecule has 0 aromatic heterocycles. The van der Waals surface area contributed by atoms with Gasteiger partial charge in [0, 0.05) is 0 Å². The molecule has 3 heteroatoms. The van der Waals surface area contributed by atoms with E-state index in [9.17, 15) is 13.2 Å². The molecule has 0 N–H and O–H groups in total. The average Bonchev–Trinajstić information content (AvgIpc) is 2.45. The molecule has 1 aliphatic carbocycles. The molecule has 0 spiro atoms. The lowest BCUT2D eigenvalue weighted by molar-refractivity contribution is 0.326. The van der Waals surface area contributed by atoms with Gasteiger partial charge in [0.1, 0.15) is 0 Å². The van der Waals surface area contributed by atoms with Gasteiger partial charge in [0.05, 0.1) is 0 Å². The zero-order chi connectivity index (χ0) is 14.5. The maximum atomic E-state index is 13.3. The van der Waals surface area contributed by atoms with E-state index in [4.69, 9.17) is 0 Å². The van der Waals surface area contributed by atoms with E-state index >= 15 is 0 Å². The van der Waals surface area contributed by atoms with E-state index in [1.54, 1.807) is 0 Å². The van der Waals surface area contributed by atoms with Crippen LogP contribution in [-0.2, 0) is 0 Å². The SMILES string of the molecule is CCC=CCC1CCC(c2cc(F)c(F)c(F)c2)CC1. The Balaban J connectivity index is 1.95. The summed E-state index contributed by atoms with van der Waals surface area (Å²) in [6.45, 7) is 2.12. The molecule has 0 heterocycles. The van der Waals surface area contributed by atoms with Crippen molar-refractivity contribution in [2.75, 3.05) is 0 Å². The summed E-state index contributed by atoms with van der Waals surface area (Å²) < 4.78 is 39.5. The Bertz CT molecular complexity index is 448. The van der Waals surface area contributed by atoms with Gasteiger partial charge in [-0.1, -0.05) is 19.1 Å². The first-order valence-electron chi connectivity index (χ1n) is 7.41. The van der Waals surface area contributed by atoms with E-state index in [-0.39, 0.29) is 5.92 Å². The van der Waals surface area contributed by atoms with Crippen molar-refractivity contribution in [3.63, 3.8) is 0 Å². The predicted octanol–water partition coefficient (Wildman–Crippen LogP) is 5.73. The van der Waals surface area contributed by atoms with Crippen LogP contribution < -0.4 is 0 Å². The molecular formula is C17H21F3. The lowest BCUT2D eigenvalue weighted by Crippen LogP contribution is -2.13. The lowest BCUT2D eigenvalue weighted by Gasteiger charge is -2.28. The fourth-order valence-electron chi connectivity index (χ4n) is 3.00. The summed E-state index contributed by atoms with van der Waals surface area (Å²) in [6, 6.07) is 2.31. The van der Waals surface area contributed by atoms with Gasteiger partial charge in [0.25, 0.3) is 0 Å². The summed E-state index contributed by atoms with van der Waals surface area (Å²) in [6.07, 6.45) is 10.5. The predicted molar refractivity (Wildman–Crippen MR) is 75.1 cm³/mol. The number of benzene rings is 1. The molecule has 0 atom stereocenters.